The van der Waals surface area contributed by atoms with Crippen LogP contribution in [0.4, 0.5) is 5.00 Å². The van der Waals surface area contributed by atoms with Crippen molar-refractivity contribution in [1.29, 1.82) is 0 Å². The van der Waals surface area contributed by atoms with Crippen LogP contribution in [0.25, 0.3) is 0 Å². The Bertz CT molecular complexity index is 764. The molecule has 0 radical (unpaired) electrons. The summed E-state index contributed by atoms with van der Waals surface area (Å²) < 4.78 is 0. The number of hydrogen-bond acceptors (Lipinski definition) is 4. The molecule has 0 aliphatic rings. The van der Waals surface area contributed by atoms with E-state index in [1.165, 1.54) is 11.3 Å². The number of carbonyl (C=O) groups is 2. The first kappa shape index (κ1) is 18.7. The van der Waals surface area contributed by atoms with Crippen LogP contribution in [-0.2, 0) is 4.79 Å². The fourth-order valence-corrected chi connectivity index (χ4v) is 3.58. The molecule has 1 aromatic carbocycles. The van der Waals surface area contributed by atoms with E-state index in [1.807, 2.05) is 24.9 Å². The van der Waals surface area contributed by atoms with Gasteiger partial charge in [-0.2, -0.15) is 0 Å². The van der Waals surface area contributed by atoms with Gasteiger partial charge < -0.3 is 11.1 Å². The van der Waals surface area contributed by atoms with Crippen LogP contribution in [0, 0.1) is 0 Å². The van der Waals surface area contributed by atoms with Gasteiger partial charge in [-0.3, -0.25) is 14.5 Å². The number of hydrogen-bond donors (Lipinski definition) is 2. The molecule has 2 aromatic rings. The van der Waals surface area contributed by atoms with E-state index in [1.54, 1.807) is 23.6 Å². The van der Waals surface area contributed by atoms with Gasteiger partial charge in [0, 0.05) is 16.1 Å². The van der Waals surface area contributed by atoms with Crippen molar-refractivity contribution in [1.82, 2.24) is 4.90 Å². The summed E-state index contributed by atoms with van der Waals surface area (Å²) in [4.78, 5) is 25.4. The maximum Gasteiger partial charge on any atom is 0.251 e. The van der Waals surface area contributed by atoms with Gasteiger partial charge in [-0.25, -0.2) is 0 Å². The highest BCUT2D eigenvalue weighted by molar-refractivity contribution is 7.14. The van der Waals surface area contributed by atoms with Crippen LogP contribution in [0.15, 0.2) is 29.6 Å². The van der Waals surface area contributed by atoms with Crippen molar-refractivity contribution >= 4 is 51.4 Å². The maximum absolute atomic E-state index is 12.2. The molecule has 3 N–H and O–H groups in total. The Hall–Kier alpha value is -1.60. The zero-order valence-electron chi connectivity index (χ0n) is 13.2. The Morgan fingerprint density at radius 2 is 2.04 bits per heavy atom. The van der Waals surface area contributed by atoms with Crippen LogP contribution in [0.1, 0.15) is 28.9 Å². The molecule has 0 aliphatic heterocycles. The lowest BCUT2D eigenvalue weighted by Gasteiger charge is -2.25. The number of likely N-dealkylation sites (N-methyl/N-ethyl adjacent to an activating group) is 1. The molecule has 1 aromatic heterocycles. The monoisotopic (exact) mass is 385 g/mol. The summed E-state index contributed by atoms with van der Waals surface area (Å²) in [6, 6.07) is 6.78. The lowest BCUT2D eigenvalue weighted by atomic mass is 10.1. The molecule has 0 saturated carbocycles. The summed E-state index contributed by atoms with van der Waals surface area (Å²) in [7, 11) is 1.82. The summed E-state index contributed by atoms with van der Waals surface area (Å²) in [5, 5.41) is 5.99. The molecular weight excluding hydrogens is 369 g/mol. The van der Waals surface area contributed by atoms with Crippen LogP contribution < -0.4 is 11.1 Å². The second-order valence-corrected chi connectivity index (χ2v) is 7.09. The number of nitrogens with zero attached hydrogens (tertiary/aromatic N) is 1. The molecule has 0 aliphatic carbocycles. The van der Waals surface area contributed by atoms with Crippen LogP contribution in [0.2, 0.25) is 10.0 Å². The second-order valence-electron chi connectivity index (χ2n) is 5.33. The third-order valence-corrected chi connectivity index (χ3v) is 5.04. The molecule has 2 amide bonds. The van der Waals surface area contributed by atoms with Crippen LogP contribution >= 0.6 is 34.5 Å². The SMILES string of the molecule is CC(c1ccc(Cl)cc1Cl)N(C)CC(=O)Nc1sccc1C(N)=O. The largest absolute Gasteiger partial charge is 0.366 e. The summed E-state index contributed by atoms with van der Waals surface area (Å²) in [5.74, 6) is -0.805. The van der Waals surface area contributed by atoms with Gasteiger partial charge in [0.2, 0.25) is 5.91 Å². The van der Waals surface area contributed by atoms with Crippen molar-refractivity contribution in [2.45, 2.75) is 13.0 Å². The highest BCUT2D eigenvalue weighted by Gasteiger charge is 2.19. The third kappa shape index (κ3) is 4.48. The van der Waals surface area contributed by atoms with Gasteiger partial charge in [0.1, 0.15) is 5.00 Å². The normalized spacial score (nSPS) is 12.2. The van der Waals surface area contributed by atoms with Crippen molar-refractivity contribution in [2.75, 3.05) is 18.9 Å². The van der Waals surface area contributed by atoms with E-state index in [0.29, 0.717) is 20.6 Å². The zero-order chi connectivity index (χ0) is 17.9. The Balaban J connectivity index is 2.03. The van der Waals surface area contributed by atoms with E-state index < -0.39 is 5.91 Å². The van der Waals surface area contributed by atoms with E-state index in [9.17, 15) is 9.59 Å². The Labute approximate surface area is 154 Å². The van der Waals surface area contributed by atoms with Crippen molar-refractivity contribution in [3.8, 4) is 0 Å². The minimum absolute atomic E-state index is 0.0838. The number of halogens is 2. The number of nitrogens with one attached hydrogen (secondary N) is 1. The topological polar surface area (TPSA) is 75.4 Å². The first-order valence-electron chi connectivity index (χ1n) is 7.12. The number of amides is 2. The Morgan fingerprint density at radius 3 is 2.67 bits per heavy atom. The molecule has 0 spiro atoms. The highest BCUT2D eigenvalue weighted by Crippen LogP contribution is 2.29. The Morgan fingerprint density at radius 1 is 1.33 bits per heavy atom. The first-order chi connectivity index (χ1) is 11.3. The molecule has 24 heavy (non-hydrogen) atoms. The highest BCUT2D eigenvalue weighted by atomic mass is 35.5. The third-order valence-electron chi connectivity index (χ3n) is 3.65. The predicted molar refractivity (Wildman–Crippen MR) is 99.0 cm³/mol. The number of benzene rings is 1. The van der Waals surface area contributed by atoms with Gasteiger partial charge >= 0.3 is 0 Å². The van der Waals surface area contributed by atoms with Gasteiger partial charge in [0.15, 0.2) is 0 Å². The van der Waals surface area contributed by atoms with Crippen LogP contribution in [0.5, 0.6) is 0 Å². The standard InChI is InChI=1S/C16H17Cl2N3O2S/c1-9(11-4-3-10(17)7-13(11)18)21(2)8-14(22)20-16-12(15(19)23)5-6-24-16/h3-7,9H,8H2,1-2H3,(H2,19,23)(H,20,22). The van der Waals surface area contributed by atoms with Gasteiger partial charge in [0.05, 0.1) is 12.1 Å². The number of carbonyl (C=O) groups excluding carboxylic acids is 2. The number of rotatable bonds is 6. The molecule has 1 heterocycles. The fraction of sp³-hybridized carbons (Fsp3) is 0.250. The molecule has 128 valence electrons. The molecule has 1 unspecified atom stereocenters. The van der Waals surface area contributed by atoms with Gasteiger partial charge in [0.25, 0.3) is 5.91 Å². The maximum atomic E-state index is 12.2. The number of primary amides is 1. The first-order valence-corrected chi connectivity index (χ1v) is 8.75. The van der Waals surface area contributed by atoms with Gasteiger partial charge in [-0.1, -0.05) is 29.3 Å². The number of nitrogens with two attached hydrogens (primary N) is 1. The summed E-state index contributed by atoms with van der Waals surface area (Å²) in [6.45, 7) is 2.08. The van der Waals surface area contributed by atoms with Crippen molar-refractivity contribution in [3.05, 3.63) is 50.8 Å². The lowest BCUT2D eigenvalue weighted by Crippen LogP contribution is -2.32. The van der Waals surface area contributed by atoms with Crippen molar-refractivity contribution in [2.24, 2.45) is 5.73 Å². The van der Waals surface area contributed by atoms with Crippen molar-refractivity contribution < 1.29 is 9.59 Å². The number of anilines is 1. The van der Waals surface area contributed by atoms with E-state index in [2.05, 4.69) is 5.32 Å². The minimum atomic E-state index is -0.568. The summed E-state index contributed by atoms with van der Waals surface area (Å²) in [5.41, 5.74) is 6.46. The zero-order valence-corrected chi connectivity index (χ0v) is 15.5. The smallest absolute Gasteiger partial charge is 0.251 e. The summed E-state index contributed by atoms with van der Waals surface area (Å²) in [6.07, 6.45) is 0. The molecule has 1 atom stereocenters. The number of thiophene rings is 1. The van der Waals surface area contributed by atoms with Crippen molar-refractivity contribution in [3.63, 3.8) is 0 Å². The Kier molecular flexibility index (Phi) is 6.23. The van der Waals surface area contributed by atoms with E-state index in [-0.39, 0.29) is 18.5 Å². The van der Waals surface area contributed by atoms with Gasteiger partial charge in [-0.15, -0.1) is 11.3 Å². The minimum Gasteiger partial charge on any atom is -0.366 e. The molecule has 5 nitrogen and oxygen atoms in total. The van der Waals surface area contributed by atoms with Crippen LogP contribution in [-0.4, -0.2) is 30.3 Å². The average Bonchev–Trinajstić information content (AvgIpc) is 2.94. The van der Waals surface area contributed by atoms with E-state index in [0.717, 1.165) is 5.56 Å². The summed E-state index contributed by atoms with van der Waals surface area (Å²) >= 11 is 13.4. The molecule has 0 saturated heterocycles. The van der Waals surface area contributed by atoms with Gasteiger partial charge in [-0.05, 0) is 43.1 Å². The van der Waals surface area contributed by atoms with E-state index >= 15 is 0 Å². The molecule has 0 bridgehead atoms. The molecule has 0 fully saturated rings. The molecular formula is C16H17Cl2N3O2S. The predicted octanol–water partition coefficient (Wildman–Crippen LogP) is 3.79. The van der Waals surface area contributed by atoms with E-state index in [4.69, 9.17) is 28.9 Å². The quantitative estimate of drug-likeness (QED) is 0.793. The molecule has 2 rings (SSSR count). The lowest BCUT2D eigenvalue weighted by molar-refractivity contribution is -0.117. The molecule has 8 heteroatoms. The second kappa shape index (κ2) is 7.98. The average molecular weight is 386 g/mol. The fourth-order valence-electron chi connectivity index (χ4n) is 2.21. The van der Waals surface area contributed by atoms with Crippen LogP contribution in [0.3, 0.4) is 0 Å².